The highest BCUT2D eigenvalue weighted by molar-refractivity contribution is 5.79. The lowest BCUT2D eigenvalue weighted by atomic mass is 10.00. The van der Waals surface area contributed by atoms with Gasteiger partial charge in [-0.25, -0.2) is 4.68 Å². The molecule has 0 saturated carbocycles. The van der Waals surface area contributed by atoms with Gasteiger partial charge in [-0.15, -0.1) is 5.10 Å². The summed E-state index contributed by atoms with van der Waals surface area (Å²) in [6.07, 6.45) is 3.40. The lowest BCUT2D eigenvalue weighted by Gasteiger charge is -2.33. The number of benzene rings is 2. The van der Waals surface area contributed by atoms with Crippen molar-refractivity contribution in [3.05, 3.63) is 81.4 Å². The summed E-state index contributed by atoms with van der Waals surface area (Å²) in [6.45, 7) is 4.35. The molecule has 4 aromatic rings. The van der Waals surface area contributed by atoms with Crippen LogP contribution in [0, 0.1) is 6.92 Å². The van der Waals surface area contributed by atoms with Crippen molar-refractivity contribution in [1.82, 2.24) is 30.1 Å². The van der Waals surface area contributed by atoms with E-state index in [9.17, 15) is 4.79 Å². The van der Waals surface area contributed by atoms with Gasteiger partial charge in [0, 0.05) is 11.1 Å². The van der Waals surface area contributed by atoms with Gasteiger partial charge in [0.15, 0.2) is 5.82 Å². The van der Waals surface area contributed by atoms with E-state index in [1.54, 1.807) is 11.8 Å². The number of likely N-dealkylation sites (tertiary alicyclic amines) is 1. The molecule has 1 N–H and O–H groups in total. The molecule has 1 aliphatic heterocycles. The van der Waals surface area contributed by atoms with Crippen molar-refractivity contribution < 1.29 is 4.74 Å². The van der Waals surface area contributed by atoms with Crippen LogP contribution in [0.5, 0.6) is 5.75 Å². The fourth-order valence-electron chi connectivity index (χ4n) is 4.63. The van der Waals surface area contributed by atoms with Crippen molar-refractivity contribution in [2.45, 2.75) is 38.8 Å². The number of piperidine rings is 1. The van der Waals surface area contributed by atoms with Crippen molar-refractivity contribution in [2.24, 2.45) is 0 Å². The fraction of sp³-hybridized carbons (Fsp3) is 0.360. The van der Waals surface area contributed by atoms with E-state index in [2.05, 4.69) is 37.5 Å². The maximum atomic E-state index is 13.3. The second-order valence-electron chi connectivity index (χ2n) is 8.69. The quantitative estimate of drug-likeness (QED) is 0.490. The third kappa shape index (κ3) is 4.39. The molecule has 0 bridgehead atoms. The molecule has 0 unspecified atom stereocenters. The highest BCUT2D eigenvalue weighted by atomic mass is 16.5. The molecule has 1 aliphatic rings. The Kier molecular flexibility index (Phi) is 5.92. The van der Waals surface area contributed by atoms with Gasteiger partial charge < -0.3 is 9.72 Å². The minimum atomic E-state index is -0.312. The second kappa shape index (κ2) is 9.15. The molecular weight excluding hydrogens is 416 g/mol. The van der Waals surface area contributed by atoms with E-state index < -0.39 is 0 Å². The van der Waals surface area contributed by atoms with Crippen LogP contribution < -0.4 is 10.3 Å². The lowest BCUT2D eigenvalue weighted by Crippen LogP contribution is -2.38. The molecule has 0 radical (unpaired) electrons. The summed E-state index contributed by atoms with van der Waals surface area (Å²) in [6, 6.07) is 15.7. The van der Waals surface area contributed by atoms with Crippen LogP contribution in [-0.2, 0) is 6.54 Å². The standard InChI is InChI=1S/C25H28N6O2/c1-17-6-9-19-15-21(25(32)26-22(19)14-17)23(30-12-4-3-5-13-30)24-27-28-29-31(24)16-18-7-10-20(33-2)11-8-18/h6-11,14-15,23H,3-5,12-13,16H2,1-2H3,(H,26,32)/t23-/m1/s1. The number of aryl methyl sites for hydroxylation is 1. The van der Waals surface area contributed by atoms with Crippen LogP contribution in [0.15, 0.2) is 53.3 Å². The fourth-order valence-corrected chi connectivity index (χ4v) is 4.63. The number of hydrogen-bond acceptors (Lipinski definition) is 6. The van der Waals surface area contributed by atoms with Crippen molar-refractivity contribution in [2.75, 3.05) is 20.2 Å². The molecule has 33 heavy (non-hydrogen) atoms. The van der Waals surface area contributed by atoms with Gasteiger partial charge in [-0.1, -0.05) is 30.7 Å². The van der Waals surface area contributed by atoms with E-state index in [-0.39, 0.29) is 11.6 Å². The molecule has 8 nitrogen and oxygen atoms in total. The van der Waals surface area contributed by atoms with Gasteiger partial charge in [0.2, 0.25) is 0 Å². The van der Waals surface area contributed by atoms with Gasteiger partial charge in [0.25, 0.3) is 5.56 Å². The Hall–Kier alpha value is -3.52. The number of fused-ring (bicyclic) bond motifs is 1. The van der Waals surface area contributed by atoms with Crippen LogP contribution in [0.3, 0.4) is 0 Å². The molecule has 2 aromatic carbocycles. The number of aromatic nitrogens is 5. The highest BCUT2D eigenvalue weighted by Gasteiger charge is 2.31. The number of H-pyrrole nitrogens is 1. The van der Waals surface area contributed by atoms with Crippen molar-refractivity contribution in [1.29, 1.82) is 0 Å². The highest BCUT2D eigenvalue weighted by Crippen LogP contribution is 2.29. The Morgan fingerprint density at radius 3 is 2.61 bits per heavy atom. The van der Waals surface area contributed by atoms with Crippen LogP contribution in [0.4, 0.5) is 0 Å². The first-order chi connectivity index (χ1) is 16.1. The Labute approximate surface area is 192 Å². The predicted octanol–water partition coefficient (Wildman–Crippen LogP) is 3.46. The number of nitrogens with zero attached hydrogens (tertiary/aromatic N) is 5. The maximum absolute atomic E-state index is 13.3. The summed E-state index contributed by atoms with van der Waals surface area (Å²) in [5, 5.41) is 13.7. The first-order valence-electron chi connectivity index (χ1n) is 11.4. The van der Waals surface area contributed by atoms with Gasteiger partial charge in [-0.3, -0.25) is 9.69 Å². The normalized spacial score (nSPS) is 15.6. The van der Waals surface area contributed by atoms with E-state index >= 15 is 0 Å². The van der Waals surface area contributed by atoms with Crippen LogP contribution >= 0.6 is 0 Å². The Bertz CT molecular complexity index is 1300. The number of rotatable bonds is 6. The zero-order valence-electron chi connectivity index (χ0n) is 19.0. The first-order valence-corrected chi connectivity index (χ1v) is 11.4. The monoisotopic (exact) mass is 444 g/mol. The van der Waals surface area contributed by atoms with Crippen molar-refractivity contribution in [3.63, 3.8) is 0 Å². The van der Waals surface area contributed by atoms with Crippen LogP contribution in [0.2, 0.25) is 0 Å². The number of tetrazole rings is 1. The Balaban J connectivity index is 1.58. The zero-order valence-corrected chi connectivity index (χ0v) is 19.0. The smallest absolute Gasteiger partial charge is 0.253 e. The Morgan fingerprint density at radius 2 is 1.85 bits per heavy atom. The SMILES string of the molecule is COc1ccc(Cn2nnnc2[C@@H](c2cc3ccc(C)cc3[nH]c2=O)N2CCCCC2)cc1. The average molecular weight is 445 g/mol. The van der Waals surface area contributed by atoms with Crippen LogP contribution in [-0.4, -0.2) is 50.3 Å². The van der Waals surface area contributed by atoms with Gasteiger partial charge in [-0.2, -0.15) is 0 Å². The summed E-state index contributed by atoms with van der Waals surface area (Å²) >= 11 is 0. The molecule has 1 saturated heterocycles. The van der Waals surface area contributed by atoms with Gasteiger partial charge in [-0.05, 0) is 84.1 Å². The van der Waals surface area contributed by atoms with Crippen molar-refractivity contribution >= 4 is 10.9 Å². The summed E-state index contributed by atoms with van der Waals surface area (Å²) in [5.41, 5.74) is 3.60. The topological polar surface area (TPSA) is 88.9 Å². The molecule has 0 amide bonds. The number of methoxy groups -OCH3 is 1. The van der Waals surface area contributed by atoms with Gasteiger partial charge in [0.1, 0.15) is 11.8 Å². The molecule has 1 atom stereocenters. The Morgan fingerprint density at radius 1 is 1.06 bits per heavy atom. The van der Waals surface area contributed by atoms with E-state index in [0.717, 1.165) is 53.7 Å². The minimum absolute atomic E-state index is 0.0947. The summed E-state index contributed by atoms with van der Waals surface area (Å²) in [5.74, 6) is 1.49. The van der Waals surface area contributed by atoms with Crippen molar-refractivity contribution in [3.8, 4) is 5.75 Å². The molecule has 1 fully saturated rings. The molecule has 0 spiro atoms. The van der Waals surface area contributed by atoms with E-state index in [1.165, 1.54) is 6.42 Å². The molecule has 3 heterocycles. The molecule has 8 heteroatoms. The number of aromatic amines is 1. The number of pyridine rings is 1. The summed E-state index contributed by atoms with van der Waals surface area (Å²) in [7, 11) is 1.65. The number of ether oxygens (including phenoxy) is 1. The average Bonchev–Trinajstić information content (AvgIpc) is 3.28. The third-order valence-electron chi connectivity index (χ3n) is 6.38. The lowest BCUT2D eigenvalue weighted by molar-refractivity contribution is 0.177. The first kappa shape index (κ1) is 21.3. The molecule has 170 valence electrons. The zero-order chi connectivity index (χ0) is 22.8. The molecule has 5 rings (SSSR count). The van der Waals surface area contributed by atoms with Crippen LogP contribution in [0.25, 0.3) is 10.9 Å². The second-order valence-corrected chi connectivity index (χ2v) is 8.69. The predicted molar refractivity (Wildman–Crippen MR) is 126 cm³/mol. The van der Waals surface area contributed by atoms with Crippen LogP contribution in [0.1, 0.15) is 47.8 Å². The summed E-state index contributed by atoms with van der Waals surface area (Å²) in [4.78, 5) is 18.7. The van der Waals surface area contributed by atoms with Gasteiger partial charge >= 0.3 is 0 Å². The summed E-state index contributed by atoms with van der Waals surface area (Å²) < 4.78 is 7.07. The van der Waals surface area contributed by atoms with E-state index in [4.69, 9.17) is 4.74 Å². The molecule has 0 aliphatic carbocycles. The molecule has 2 aromatic heterocycles. The number of hydrogen-bond donors (Lipinski definition) is 1. The third-order valence-corrected chi connectivity index (χ3v) is 6.38. The largest absolute Gasteiger partial charge is 0.497 e. The minimum Gasteiger partial charge on any atom is -0.497 e. The number of nitrogens with one attached hydrogen (secondary N) is 1. The van der Waals surface area contributed by atoms with Gasteiger partial charge in [0.05, 0.1) is 13.7 Å². The van der Waals surface area contributed by atoms with E-state index in [1.807, 2.05) is 43.3 Å². The molecular formula is C25H28N6O2. The maximum Gasteiger partial charge on any atom is 0.253 e. The van der Waals surface area contributed by atoms with E-state index in [0.29, 0.717) is 17.9 Å².